The van der Waals surface area contributed by atoms with Gasteiger partial charge in [-0.05, 0) is 59.4 Å². The van der Waals surface area contributed by atoms with Crippen LogP contribution >= 0.6 is 0 Å². The van der Waals surface area contributed by atoms with E-state index in [-0.39, 0.29) is 0 Å². The van der Waals surface area contributed by atoms with Gasteiger partial charge in [0.05, 0.1) is 0 Å². The third-order valence-electron chi connectivity index (χ3n) is 4.27. The molecule has 0 spiro atoms. The van der Waals surface area contributed by atoms with Crippen molar-refractivity contribution in [1.29, 1.82) is 0 Å². The van der Waals surface area contributed by atoms with Crippen molar-refractivity contribution in [3.8, 4) is 0 Å². The average molecular weight is 225 g/mol. The van der Waals surface area contributed by atoms with Crippen LogP contribution in [0.4, 0.5) is 0 Å². The molecular weight excluding hydrogens is 198 g/mol. The van der Waals surface area contributed by atoms with Gasteiger partial charge in [-0.1, -0.05) is 6.42 Å². The van der Waals surface area contributed by atoms with Gasteiger partial charge in [0.15, 0.2) is 0 Å². The van der Waals surface area contributed by atoms with Crippen molar-refractivity contribution in [1.82, 2.24) is 15.1 Å². The molecule has 3 nitrogen and oxygen atoms in total. The summed E-state index contributed by atoms with van der Waals surface area (Å²) in [6, 6.07) is 1.65. The quantitative estimate of drug-likeness (QED) is 0.777. The second-order valence-corrected chi connectivity index (χ2v) is 5.48. The Morgan fingerprint density at radius 2 is 1.81 bits per heavy atom. The normalized spacial score (nSPS) is 30.8. The Morgan fingerprint density at radius 1 is 1.06 bits per heavy atom. The van der Waals surface area contributed by atoms with Gasteiger partial charge < -0.3 is 10.2 Å². The monoisotopic (exact) mass is 225 g/mol. The van der Waals surface area contributed by atoms with E-state index in [2.05, 4.69) is 29.2 Å². The van der Waals surface area contributed by atoms with Gasteiger partial charge in [-0.3, -0.25) is 4.90 Å². The number of hydrogen-bond acceptors (Lipinski definition) is 3. The third-order valence-corrected chi connectivity index (χ3v) is 4.27. The molecule has 2 aliphatic rings. The number of hydrogen-bond donors (Lipinski definition) is 1. The summed E-state index contributed by atoms with van der Waals surface area (Å²) in [6.45, 7) is 5.08. The maximum Gasteiger partial charge on any atom is 0.0223 e. The summed E-state index contributed by atoms with van der Waals surface area (Å²) < 4.78 is 0. The van der Waals surface area contributed by atoms with Gasteiger partial charge in [-0.2, -0.15) is 0 Å². The highest BCUT2D eigenvalue weighted by atomic mass is 15.2. The Bertz CT molecular complexity index is 197. The minimum Gasteiger partial charge on any atom is -0.318 e. The first kappa shape index (κ1) is 12.3. The van der Waals surface area contributed by atoms with Crippen molar-refractivity contribution in [2.24, 2.45) is 0 Å². The van der Waals surface area contributed by atoms with Crippen molar-refractivity contribution < 1.29 is 0 Å². The van der Waals surface area contributed by atoms with Gasteiger partial charge in [0.2, 0.25) is 0 Å². The predicted molar refractivity (Wildman–Crippen MR) is 68.8 cm³/mol. The van der Waals surface area contributed by atoms with Crippen LogP contribution in [-0.4, -0.2) is 62.2 Å². The maximum absolute atomic E-state index is 3.36. The molecule has 2 fully saturated rings. The average Bonchev–Trinajstić information content (AvgIpc) is 2.32. The standard InChI is InChI=1S/C13H27N3/c1-14-11-13-5-3-4-8-16(13)12-6-9-15(2)10-7-12/h12-14H,3-11H2,1-2H3. The zero-order valence-electron chi connectivity index (χ0n) is 10.9. The molecule has 2 heterocycles. The summed E-state index contributed by atoms with van der Waals surface area (Å²) in [5.41, 5.74) is 0. The van der Waals surface area contributed by atoms with E-state index in [1.807, 2.05) is 0 Å². The van der Waals surface area contributed by atoms with Gasteiger partial charge in [0.25, 0.3) is 0 Å². The van der Waals surface area contributed by atoms with Crippen LogP contribution in [0.1, 0.15) is 32.1 Å². The molecule has 0 amide bonds. The molecule has 2 aliphatic heterocycles. The molecule has 0 aliphatic carbocycles. The smallest absolute Gasteiger partial charge is 0.0223 e. The number of rotatable bonds is 3. The molecule has 16 heavy (non-hydrogen) atoms. The van der Waals surface area contributed by atoms with Crippen LogP contribution in [0, 0.1) is 0 Å². The SMILES string of the molecule is CNCC1CCCCN1C1CCN(C)CC1. The van der Waals surface area contributed by atoms with E-state index in [1.165, 1.54) is 58.3 Å². The summed E-state index contributed by atoms with van der Waals surface area (Å²) in [6.07, 6.45) is 6.97. The zero-order valence-corrected chi connectivity index (χ0v) is 10.9. The second-order valence-electron chi connectivity index (χ2n) is 5.48. The van der Waals surface area contributed by atoms with Gasteiger partial charge in [-0.15, -0.1) is 0 Å². The zero-order chi connectivity index (χ0) is 11.4. The maximum atomic E-state index is 3.36. The van der Waals surface area contributed by atoms with E-state index in [9.17, 15) is 0 Å². The fraction of sp³-hybridized carbons (Fsp3) is 1.00. The van der Waals surface area contributed by atoms with Crippen LogP contribution in [0.25, 0.3) is 0 Å². The Balaban J connectivity index is 1.89. The van der Waals surface area contributed by atoms with Crippen LogP contribution in [-0.2, 0) is 0 Å². The minimum absolute atomic E-state index is 0.798. The second kappa shape index (κ2) is 5.99. The van der Waals surface area contributed by atoms with Crippen molar-refractivity contribution >= 4 is 0 Å². The van der Waals surface area contributed by atoms with E-state index in [0.717, 1.165) is 12.1 Å². The number of nitrogens with zero attached hydrogens (tertiary/aromatic N) is 2. The fourth-order valence-corrected chi connectivity index (χ4v) is 3.28. The van der Waals surface area contributed by atoms with Gasteiger partial charge in [-0.25, -0.2) is 0 Å². The van der Waals surface area contributed by atoms with Crippen LogP contribution in [0.5, 0.6) is 0 Å². The Hall–Kier alpha value is -0.120. The highest BCUT2D eigenvalue weighted by Gasteiger charge is 2.29. The summed E-state index contributed by atoms with van der Waals surface area (Å²) >= 11 is 0. The molecule has 94 valence electrons. The van der Waals surface area contributed by atoms with Crippen molar-refractivity contribution in [3.05, 3.63) is 0 Å². The predicted octanol–water partition coefficient (Wildman–Crippen LogP) is 1.15. The molecule has 0 aromatic carbocycles. The molecule has 2 saturated heterocycles. The van der Waals surface area contributed by atoms with E-state index >= 15 is 0 Å². The third kappa shape index (κ3) is 2.96. The number of likely N-dealkylation sites (tertiary alicyclic amines) is 2. The minimum atomic E-state index is 0.798. The molecular formula is C13H27N3. The fourth-order valence-electron chi connectivity index (χ4n) is 3.28. The van der Waals surface area contributed by atoms with Crippen molar-refractivity contribution in [2.45, 2.75) is 44.2 Å². The lowest BCUT2D eigenvalue weighted by Gasteiger charge is -2.44. The number of likely N-dealkylation sites (N-methyl/N-ethyl adjacent to an activating group) is 1. The molecule has 1 atom stereocenters. The molecule has 0 aromatic rings. The Morgan fingerprint density at radius 3 is 2.50 bits per heavy atom. The molecule has 0 saturated carbocycles. The molecule has 0 bridgehead atoms. The largest absolute Gasteiger partial charge is 0.318 e. The number of piperidine rings is 2. The van der Waals surface area contributed by atoms with Gasteiger partial charge in [0, 0.05) is 18.6 Å². The van der Waals surface area contributed by atoms with Crippen LogP contribution in [0.3, 0.4) is 0 Å². The molecule has 0 radical (unpaired) electrons. The first-order valence-electron chi connectivity index (χ1n) is 6.90. The molecule has 1 N–H and O–H groups in total. The molecule has 3 heteroatoms. The lowest BCUT2D eigenvalue weighted by Crippen LogP contribution is -2.53. The van der Waals surface area contributed by atoms with E-state index in [1.54, 1.807) is 0 Å². The van der Waals surface area contributed by atoms with Crippen molar-refractivity contribution in [2.75, 3.05) is 40.3 Å². The molecule has 0 aromatic heterocycles. The van der Waals surface area contributed by atoms with Crippen LogP contribution in [0.15, 0.2) is 0 Å². The summed E-state index contributed by atoms with van der Waals surface area (Å²) in [4.78, 5) is 5.26. The van der Waals surface area contributed by atoms with E-state index in [4.69, 9.17) is 0 Å². The number of nitrogens with one attached hydrogen (secondary N) is 1. The first-order chi connectivity index (χ1) is 7.81. The van der Waals surface area contributed by atoms with Crippen LogP contribution in [0.2, 0.25) is 0 Å². The first-order valence-corrected chi connectivity index (χ1v) is 6.90. The molecule has 2 rings (SSSR count). The van der Waals surface area contributed by atoms with E-state index in [0.29, 0.717) is 0 Å². The molecule has 1 unspecified atom stereocenters. The lowest BCUT2D eigenvalue weighted by atomic mass is 9.95. The summed E-state index contributed by atoms with van der Waals surface area (Å²) in [5, 5.41) is 3.36. The van der Waals surface area contributed by atoms with Crippen molar-refractivity contribution in [3.63, 3.8) is 0 Å². The van der Waals surface area contributed by atoms with E-state index < -0.39 is 0 Å². The summed E-state index contributed by atoms with van der Waals surface area (Å²) in [7, 11) is 4.33. The summed E-state index contributed by atoms with van der Waals surface area (Å²) in [5.74, 6) is 0. The Kier molecular flexibility index (Phi) is 4.62. The Labute approximate surface area is 100 Å². The highest BCUT2D eigenvalue weighted by Crippen LogP contribution is 2.24. The topological polar surface area (TPSA) is 18.5 Å². The van der Waals surface area contributed by atoms with Crippen LogP contribution < -0.4 is 5.32 Å². The van der Waals surface area contributed by atoms with Gasteiger partial charge >= 0.3 is 0 Å². The highest BCUT2D eigenvalue weighted by molar-refractivity contribution is 4.86. The lowest BCUT2D eigenvalue weighted by molar-refractivity contribution is 0.0568. The van der Waals surface area contributed by atoms with Gasteiger partial charge in [0.1, 0.15) is 0 Å².